The summed E-state index contributed by atoms with van der Waals surface area (Å²) in [6.45, 7) is 6.93. The lowest BCUT2D eigenvalue weighted by atomic mass is 10.1. The molecule has 6 heteroatoms. The van der Waals surface area contributed by atoms with E-state index in [4.69, 9.17) is 12.2 Å². The Labute approximate surface area is 138 Å². The predicted molar refractivity (Wildman–Crippen MR) is 96.2 cm³/mol. The molecule has 1 heterocycles. The highest BCUT2D eigenvalue weighted by atomic mass is 32.2. The van der Waals surface area contributed by atoms with Crippen molar-refractivity contribution < 1.29 is 8.42 Å². The van der Waals surface area contributed by atoms with E-state index in [2.05, 4.69) is 30.4 Å². The average Bonchev–Trinajstić information content (AvgIpc) is 2.80. The number of rotatable bonds is 4. The fraction of sp³-hybridized carbons (Fsp3) is 0.562. The summed E-state index contributed by atoms with van der Waals surface area (Å²) in [6, 6.07) is 6.19. The molecule has 0 unspecified atom stereocenters. The number of anilines is 1. The quantitative estimate of drug-likeness (QED) is 0.854. The Morgan fingerprint density at radius 2 is 2.14 bits per heavy atom. The van der Waals surface area contributed by atoms with Crippen LogP contribution in [0.4, 0.5) is 5.69 Å². The maximum atomic E-state index is 11.7. The zero-order valence-electron chi connectivity index (χ0n) is 13.4. The van der Waals surface area contributed by atoms with Crippen molar-refractivity contribution >= 4 is 32.9 Å². The topological polar surface area (TPSA) is 49.4 Å². The molecule has 1 aliphatic heterocycles. The highest BCUT2D eigenvalue weighted by Gasteiger charge is 2.33. The monoisotopic (exact) mass is 340 g/mol. The van der Waals surface area contributed by atoms with Crippen LogP contribution in [0.2, 0.25) is 0 Å². The summed E-state index contributed by atoms with van der Waals surface area (Å²) in [5.41, 5.74) is 3.29. The molecule has 1 N–H and O–H groups in total. The highest BCUT2D eigenvalue weighted by Crippen LogP contribution is 2.21. The van der Waals surface area contributed by atoms with Crippen LogP contribution in [0.15, 0.2) is 18.2 Å². The molecule has 1 aromatic carbocycles. The normalized spacial score (nSPS) is 19.9. The summed E-state index contributed by atoms with van der Waals surface area (Å²) in [6.07, 6.45) is 1.60. The molecular formula is C16H24N2O2S2. The van der Waals surface area contributed by atoms with Crippen LogP contribution in [0.1, 0.15) is 30.9 Å². The van der Waals surface area contributed by atoms with Crippen LogP contribution in [-0.2, 0) is 9.84 Å². The highest BCUT2D eigenvalue weighted by molar-refractivity contribution is 7.91. The van der Waals surface area contributed by atoms with Gasteiger partial charge in [0.05, 0.1) is 11.5 Å². The molecule has 0 radical (unpaired) electrons. The number of sulfone groups is 1. The van der Waals surface area contributed by atoms with E-state index in [1.807, 2.05) is 18.7 Å². The van der Waals surface area contributed by atoms with Gasteiger partial charge in [-0.25, -0.2) is 8.42 Å². The second kappa shape index (κ2) is 6.96. The zero-order valence-corrected chi connectivity index (χ0v) is 15.1. The van der Waals surface area contributed by atoms with Crippen molar-refractivity contribution in [3.05, 3.63) is 29.3 Å². The van der Waals surface area contributed by atoms with Gasteiger partial charge in [0.25, 0.3) is 0 Å². The maximum absolute atomic E-state index is 11.7. The minimum absolute atomic E-state index is 0.00457. The van der Waals surface area contributed by atoms with E-state index in [1.165, 1.54) is 5.56 Å². The molecule has 0 aliphatic carbocycles. The fourth-order valence-electron chi connectivity index (χ4n) is 2.77. The number of aryl methyl sites for hydroxylation is 2. The third kappa shape index (κ3) is 4.20. The molecular weight excluding hydrogens is 316 g/mol. The first-order chi connectivity index (χ1) is 10.3. The smallest absolute Gasteiger partial charge is 0.173 e. The molecule has 0 saturated carbocycles. The second-order valence-corrected chi connectivity index (χ2v) is 8.61. The molecule has 122 valence electrons. The molecule has 0 spiro atoms. The summed E-state index contributed by atoms with van der Waals surface area (Å²) < 4.78 is 23.5. The SMILES string of the molecule is CCCN(C(=S)Nc1cc(C)ccc1C)[C@H]1CCS(=O)(=O)C1. The first kappa shape index (κ1) is 17.2. The molecule has 4 nitrogen and oxygen atoms in total. The molecule has 1 atom stereocenters. The first-order valence-electron chi connectivity index (χ1n) is 7.67. The van der Waals surface area contributed by atoms with Crippen LogP contribution < -0.4 is 5.32 Å². The third-order valence-electron chi connectivity index (χ3n) is 4.01. The van der Waals surface area contributed by atoms with E-state index in [0.717, 1.165) is 24.2 Å². The first-order valence-corrected chi connectivity index (χ1v) is 9.90. The Bertz CT molecular complexity index is 656. The van der Waals surface area contributed by atoms with Gasteiger partial charge in [0.2, 0.25) is 0 Å². The molecule has 1 saturated heterocycles. The van der Waals surface area contributed by atoms with Crippen molar-refractivity contribution in [2.45, 2.75) is 39.7 Å². The minimum atomic E-state index is -2.91. The van der Waals surface area contributed by atoms with Crippen molar-refractivity contribution in [1.29, 1.82) is 0 Å². The van der Waals surface area contributed by atoms with Crippen LogP contribution in [-0.4, -0.2) is 42.5 Å². The second-order valence-electron chi connectivity index (χ2n) is 6.00. The van der Waals surface area contributed by atoms with E-state index in [9.17, 15) is 8.42 Å². The molecule has 2 rings (SSSR count). The Morgan fingerprint density at radius 3 is 2.73 bits per heavy atom. The number of hydrogen-bond donors (Lipinski definition) is 1. The van der Waals surface area contributed by atoms with Gasteiger partial charge in [0.1, 0.15) is 0 Å². The molecule has 0 aromatic heterocycles. The van der Waals surface area contributed by atoms with Gasteiger partial charge >= 0.3 is 0 Å². The van der Waals surface area contributed by atoms with Gasteiger partial charge in [0, 0.05) is 18.3 Å². The van der Waals surface area contributed by atoms with E-state index in [0.29, 0.717) is 11.5 Å². The van der Waals surface area contributed by atoms with E-state index >= 15 is 0 Å². The van der Waals surface area contributed by atoms with E-state index < -0.39 is 9.84 Å². The lowest BCUT2D eigenvalue weighted by Crippen LogP contribution is -2.44. The molecule has 1 fully saturated rings. The van der Waals surface area contributed by atoms with Crippen LogP contribution in [0.25, 0.3) is 0 Å². The van der Waals surface area contributed by atoms with Gasteiger partial charge < -0.3 is 10.2 Å². The van der Waals surface area contributed by atoms with Crippen molar-refractivity contribution in [2.75, 3.05) is 23.4 Å². The maximum Gasteiger partial charge on any atom is 0.173 e. The summed E-state index contributed by atoms with van der Waals surface area (Å²) in [5, 5.41) is 3.93. The number of nitrogens with one attached hydrogen (secondary N) is 1. The Morgan fingerprint density at radius 1 is 1.41 bits per heavy atom. The van der Waals surface area contributed by atoms with Gasteiger partial charge in [-0.2, -0.15) is 0 Å². The Kier molecular flexibility index (Phi) is 5.45. The number of nitrogens with zero attached hydrogens (tertiary/aromatic N) is 1. The van der Waals surface area contributed by atoms with E-state index in [-0.39, 0.29) is 17.5 Å². The summed E-state index contributed by atoms with van der Waals surface area (Å²) in [7, 11) is -2.91. The van der Waals surface area contributed by atoms with Gasteiger partial charge in [-0.3, -0.25) is 0 Å². The molecule has 22 heavy (non-hydrogen) atoms. The van der Waals surface area contributed by atoms with Crippen molar-refractivity contribution in [3.8, 4) is 0 Å². The van der Waals surface area contributed by atoms with Crippen LogP contribution >= 0.6 is 12.2 Å². The van der Waals surface area contributed by atoms with Crippen molar-refractivity contribution in [1.82, 2.24) is 4.90 Å². The zero-order chi connectivity index (χ0) is 16.3. The Hall–Kier alpha value is -1.14. The Balaban J connectivity index is 2.15. The molecule has 0 bridgehead atoms. The molecule has 1 aromatic rings. The predicted octanol–water partition coefficient (Wildman–Crippen LogP) is 2.90. The van der Waals surface area contributed by atoms with Crippen LogP contribution in [0, 0.1) is 13.8 Å². The average molecular weight is 341 g/mol. The molecule has 1 aliphatic rings. The number of hydrogen-bond acceptors (Lipinski definition) is 3. The van der Waals surface area contributed by atoms with Crippen LogP contribution in [0.5, 0.6) is 0 Å². The van der Waals surface area contributed by atoms with Crippen LogP contribution in [0.3, 0.4) is 0 Å². The summed E-state index contributed by atoms with van der Waals surface area (Å²) in [5.74, 6) is 0.478. The van der Waals surface area contributed by atoms with Gasteiger partial charge in [0.15, 0.2) is 14.9 Å². The molecule has 0 amide bonds. The lowest BCUT2D eigenvalue weighted by molar-refractivity contribution is 0.339. The standard InChI is InChI=1S/C16H24N2O2S2/c1-4-8-18(14-7-9-22(19,20)11-14)16(21)17-15-10-12(2)5-6-13(15)3/h5-6,10,14H,4,7-9,11H2,1-3H3,(H,17,21)/t14-/m0/s1. The lowest BCUT2D eigenvalue weighted by Gasteiger charge is -2.31. The van der Waals surface area contributed by atoms with Gasteiger partial charge in [-0.05, 0) is 56.1 Å². The fourth-order valence-corrected chi connectivity index (χ4v) is 4.85. The third-order valence-corrected chi connectivity index (χ3v) is 6.10. The van der Waals surface area contributed by atoms with Gasteiger partial charge in [-0.15, -0.1) is 0 Å². The summed E-state index contributed by atoms with van der Waals surface area (Å²) in [4.78, 5) is 2.04. The van der Waals surface area contributed by atoms with Gasteiger partial charge in [-0.1, -0.05) is 19.1 Å². The number of thiocarbonyl (C=S) groups is 1. The van der Waals surface area contributed by atoms with Crippen molar-refractivity contribution in [3.63, 3.8) is 0 Å². The number of benzene rings is 1. The van der Waals surface area contributed by atoms with E-state index in [1.54, 1.807) is 0 Å². The largest absolute Gasteiger partial charge is 0.345 e. The van der Waals surface area contributed by atoms with Crippen molar-refractivity contribution in [2.24, 2.45) is 0 Å². The summed E-state index contributed by atoms with van der Waals surface area (Å²) >= 11 is 5.56. The minimum Gasteiger partial charge on any atom is -0.345 e.